The van der Waals surface area contributed by atoms with Crippen LogP contribution in [0.4, 0.5) is 0 Å². The Kier molecular flexibility index (Phi) is 16.1. The van der Waals surface area contributed by atoms with Crippen LogP contribution in [0, 0.1) is 5.92 Å². The standard InChI is InChI=1S/C20H39N11O6/c1-3-25-17(36)12(4-6-26-19(21)22)30-15(34)9-29-18(37)13(5-7-27-20(23)24)31-14(33)8-28-16(35)11(2)10-32/h11-13,32H,3-10H2,1-2H3,(H,25,36)(H,28,35)(H,29,37)(H,30,34)(H,31,33)(H4,21,22,26)(H4,23,24,27)/t11-,12+,13+/m0/s1. The summed E-state index contributed by atoms with van der Waals surface area (Å²) in [5.41, 5.74) is 21.1. The SMILES string of the molecule is CCNC(=O)[C@@H](CCN=C(N)N)NC(=O)CNC(=O)[C@@H](CCN=C(N)N)NC(=O)CNC(=O)[C@@H](C)CO. The fraction of sp³-hybridized carbons (Fsp3) is 0.650. The normalized spacial score (nSPS) is 12.6. The number of carbonyl (C=O) groups excluding carboxylic acids is 5. The summed E-state index contributed by atoms with van der Waals surface area (Å²) in [7, 11) is 0. The minimum atomic E-state index is -1.14. The van der Waals surface area contributed by atoms with Crippen molar-refractivity contribution in [3.63, 3.8) is 0 Å². The first-order valence-electron chi connectivity index (χ1n) is 11.5. The minimum absolute atomic E-state index is 0.00907. The second-order valence-electron chi connectivity index (χ2n) is 7.84. The summed E-state index contributed by atoms with van der Waals surface area (Å²) in [6.45, 7) is 2.25. The lowest BCUT2D eigenvalue weighted by molar-refractivity contribution is -0.132. The number of hydrogen-bond donors (Lipinski definition) is 10. The summed E-state index contributed by atoms with van der Waals surface area (Å²) in [6, 6.07) is -2.09. The summed E-state index contributed by atoms with van der Waals surface area (Å²) < 4.78 is 0. The number of aliphatic imine (C=N–C) groups is 2. The van der Waals surface area contributed by atoms with E-state index in [-0.39, 0.29) is 37.9 Å². The van der Waals surface area contributed by atoms with Crippen molar-refractivity contribution in [3.05, 3.63) is 0 Å². The van der Waals surface area contributed by atoms with Gasteiger partial charge in [-0.15, -0.1) is 0 Å². The third-order valence-electron chi connectivity index (χ3n) is 4.65. The first-order chi connectivity index (χ1) is 17.4. The second kappa shape index (κ2) is 18.2. The molecule has 5 amide bonds. The molecule has 0 aliphatic carbocycles. The van der Waals surface area contributed by atoms with E-state index in [1.165, 1.54) is 6.92 Å². The maximum Gasteiger partial charge on any atom is 0.243 e. The summed E-state index contributed by atoms with van der Waals surface area (Å²) in [6.07, 6.45) is 0.0966. The van der Waals surface area contributed by atoms with Crippen molar-refractivity contribution in [2.45, 2.75) is 38.8 Å². The van der Waals surface area contributed by atoms with Crippen molar-refractivity contribution < 1.29 is 29.1 Å². The number of nitrogens with zero attached hydrogens (tertiary/aromatic N) is 2. The molecule has 0 unspecified atom stereocenters. The van der Waals surface area contributed by atoms with E-state index in [9.17, 15) is 24.0 Å². The highest BCUT2D eigenvalue weighted by atomic mass is 16.3. The van der Waals surface area contributed by atoms with Crippen LogP contribution in [0.25, 0.3) is 0 Å². The fourth-order valence-electron chi connectivity index (χ4n) is 2.69. The van der Waals surface area contributed by atoms with Gasteiger partial charge in [0.1, 0.15) is 12.1 Å². The zero-order valence-corrected chi connectivity index (χ0v) is 21.1. The molecule has 0 saturated carbocycles. The lowest BCUT2D eigenvalue weighted by Crippen LogP contribution is -2.53. The highest BCUT2D eigenvalue weighted by Crippen LogP contribution is 1.97. The molecular weight excluding hydrogens is 490 g/mol. The van der Waals surface area contributed by atoms with E-state index >= 15 is 0 Å². The molecular formula is C20H39N11O6. The molecule has 0 aliphatic heterocycles. The van der Waals surface area contributed by atoms with Crippen LogP contribution >= 0.6 is 0 Å². The Balaban J connectivity index is 5.08. The van der Waals surface area contributed by atoms with Gasteiger partial charge in [-0.2, -0.15) is 0 Å². The fourth-order valence-corrected chi connectivity index (χ4v) is 2.69. The van der Waals surface area contributed by atoms with Crippen molar-refractivity contribution in [1.29, 1.82) is 0 Å². The molecule has 37 heavy (non-hydrogen) atoms. The van der Waals surface area contributed by atoms with Gasteiger partial charge < -0.3 is 54.6 Å². The summed E-state index contributed by atoms with van der Waals surface area (Å²) in [5.74, 6) is -4.17. The number of nitrogens with two attached hydrogens (primary N) is 4. The van der Waals surface area contributed by atoms with Crippen LogP contribution in [0.3, 0.4) is 0 Å². The maximum absolute atomic E-state index is 12.7. The molecule has 210 valence electrons. The molecule has 17 heteroatoms. The number of guanidine groups is 2. The largest absolute Gasteiger partial charge is 0.396 e. The smallest absolute Gasteiger partial charge is 0.243 e. The number of amides is 5. The van der Waals surface area contributed by atoms with Crippen LogP contribution in [0.5, 0.6) is 0 Å². The highest BCUT2D eigenvalue weighted by Gasteiger charge is 2.24. The van der Waals surface area contributed by atoms with Crippen molar-refractivity contribution >= 4 is 41.5 Å². The van der Waals surface area contributed by atoms with E-state index in [0.29, 0.717) is 6.54 Å². The van der Waals surface area contributed by atoms with Crippen LogP contribution < -0.4 is 49.5 Å². The lowest BCUT2D eigenvalue weighted by atomic mass is 10.1. The van der Waals surface area contributed by atoms with E-state index < -0.39 is 67.2 Å². The molecule has 0 aromatic heterocycles. The van der Waals surface area contributed by atoms with E-state index in [1.54, 1.807) is 6.92 Å². The number of nitrogens with one attached hydrogen (secondary N) is 5. The van der Waals surface area contributed by atoms with E-state index in [1.807, 2.05) is 0 Å². The Labute approximate surface area is 214 Å². The highest BCUT2D eigenvalue weighted by molar-refractivity contribution is 5.93. The van der Waals surface area contributed by atoms with Crippen molar-refractivity contribution in [2.24, 2.45) is 38.8 Å². The molecule has 0 aromatic carbocycles. The zero-order chi connectivity index (χ0) is 28.4. The van der Waals surface area contributed by atoms with E-state index in [4.69, 9.17) is 28.0 Å². The van der Waals surface area contributed by atoms with Gasteiger partial charge in [-0.05, 0) is 19.8 Å². The molecule has 0 aliphatic rings. The molecule has 0 rings (SSSR count). The number of likely N-dealkylation sites (N-methyl/N-ethyl adjacent to an activating group) is 1. The summed E-state index contributed by atoms with van der Waals surface area (Å²) >= 11 is 0. The van der Waals surface area contributed by atoms with Gasteiger partial charge in [0.25, 0.3) is 0 Å². The molecule has 14 N–H and O–H groups in total. The Morgan fingerprint density at radius 3 is 1.51 bits per heavy atom. The van der Waals surface area contributed by atoms with Gasteiger partial charge in [-0.25, -0.2) is 0 Å². The van der Waals surface area contributed by atoms with Gasteiger partial charge in [0.05, 0.1) is 25.6 Å². The van der Waals surface area contributed by atoms with Gasteiger partial charge in [-0.3, -0.25) is 34.0 Å². The average Bonchev–Trinajstić information content (AvgIpc) is 2.83. The zero-order valence-electron chi connectivity index (χ0n) is 21.1. The van der Waals surface area contributed by atoms with Crippen LogP contribution in [0.1, 0.15) is 26.7 Å². The third-order valence-corrected chi connectivity index (χ3v) is 4.65. The van der Waals surface area contributed by atoms with Gasteiger partial charge in [-0.1, -0.05) is 6.92 Å². The second-order valence-corrected chi connectivity index (χ2v) is 7.84. The molecule has 0 aromatic rings. The number of rotatable bonds is 17. The molecule has 17 nitrogen and oxygen atoms in total. The average molecular weight is 530 g/mol. The Morgan fingerprint density at radius 1 is 0.730 bits per heavy atom. The van der Waals surface area contributed by atoms with Crippen LogP contribution in [-0.2, 0) is 24.0 Å². The van der Waals surface area contributed by atoms with Gasteiger partial charge >= 0.3 is 0 Å². The van der Waals surface area contributed by atoms with Gasteiger partial charge in [0.15, 0.2) is 11.9 Å². The minimum Gasteiger partial charge on any atom is -0.396 e. The first kappa shape index (κ1) is 32.8. The van der Waals surface area contributed by atoms with Crippen molar-refractivity contribution in [1.82, 2.24) is 26.6 Å². The summed E-state index contributed by atoms with van der Waals surface area (Å²) in [5, 5.41) is 21.2. The number of carbonyl (C=O) groups is 5. The molecule has 0 saturated heterocycles. The van der Waals surface area contributed by atoms with Crippen LogP contribution in [-0.4, -0.2) is 98.0 Å². The van der Waals surface area contributed by atoms with E-state index in [0.717, 1.165) is 0 Å². The van der Waals surface area contributed by atoms with Crippen molar-refractivity contribution in [3.8, 4) is 0 Å². The molecule has 0 bridgehead atoms. The quantitative estimate of drug-likeness (QED) is 0.0628. The number of aliphatic hydroxyl groups is 1. The van der Waals surface area contributed by atoms with Crippen LogP contribution in [0.15, 0.2) is 9.98 Å². The number of aliphatic hydroxyl groups excluding tert-OH is 1. The Hall–Kier alpha value is -4.15. The summed E-state index contributed by atoms with van der Waals surface area (Å²) in [4.78, 5) is 68.8. The number of hydrogen-bond acceptors (Lipinski definition) is 8. The topological polar surface area (TPSA) is 295 Å². The predicted molar refractivity (Wildman–Crippen MR) is 135 cm³/mol. The van der Waals surface area contributed by atoms with Crippen LogP contribution in [0.2, 0.25) is 0 Å². The molecule has 0 fully saturated rings. The molecule has 0 heterocycles. The Bertz CT molecular complexity index is 841. The molecule has 3 atom stereocenters. The van der Waals surface area contributed by atoms with Crippen molar-refractivity contribution in [2.75, 3.05) is 39.3 Å². The predicted octanol–water partition coefficient (Wildman–Crippen LogP) is -5.72. The monoisotopic (exact) mass is 529 g/mol. The van der Waals surface area contributed by atoms with Gasteiger partial charge in [0.2, 0.25) is 29.5 Å². The Morgan fingerprint density at radius 2 is 1.14 bits per heavy atom. The first-order valence-corrected chi connectivity index (χ1v) is 11.5. The lowest BCUT2D eigenvalue weighted by Gasteiger charge is -2.20. The third kappa shape index (κ3) is 15.5. The van der Waals surface area contributed by atoms with Gasteiger partial charge in [0, 0.05) is 19.6 Å². The molecule has 0 radical (unpaired) electrons. The van der Waals surface area contributed by atoms with E-state index in [2.05, 4.69) is 36.6 Å². The molecule has 0 spiro atoms. The maximum atomic E-state index is 12.7.